The van der Waals surface area contributed by atoms with Gasteiger partial charge in [0.25, 0.3) is 11.5 Å². The molecule has 0 unspecified atom stereocenters. The second kappa shape index (κ2) is 17.3. The highest BCUT2D eigenvalue weighted by molar-refractivity contribution is 7.79. The van der Waals surface area contributed by atoms with Crippen LogP contribution >= 0.6 is 12.2 Å². The third-order valence-corrected chi connectivity index (χ3v) is 9.33. The molecule has 0 saturated carbocycles. The minimum atomic E-state index is -1.66. The Bertz CT molecular complexity index is 1980. The van der Waals surface area contributed by atoms with Gasteiger partial charge in [-0.05, 0) is 62.6 Å². The first-order chi connectivity index (χ1) is 26.3. The van der Waals surface area contributed by atoms with Gasteiger partial charge < -0.3 is 48.9 Å². The minimum absolute atomic E-state index is 0.152. The summed E-state index contributed by atoms with van der Waals surface area (Å²) in [5.74, 6) is -2.52. The van der Waals surface area contributed by atoms with Gasteiger partial charge in [-0.3, -0.25) is 23.9 Å². The number of nitrogens with two attached hydrogens (primary N) is 1. The fourth-order valence-corrected chi connectivity index (χ4v) is 6.83. The topological polar surface area (TPSA) is 201 Å². The van der Waals surface area contributed by atoms with Gasteiger partial charge in [0.15, 0.2) is 36.1 Å². The fraction of sp³-hybridized carbons (Fsp3) is 0.447. The van der Waals surface area contributed by atoms with Gasteiger partial charge in [0, 0.05) is 37.3 Å². The van der Waals surface area contributed by atoms with E-state index in [1.165, 1.54) is 19.4 Å². The highest BCUT2D eigenvalue weighted by Crippen LogP contribution is 2.40. The number of hydrogen-bond donors (Lipinski definition) is 3. The second-order valence-corrected chi connectivity index (χ2v) is 13.9. The van der Waals surface area contributed by atoms with E-state index >= 15 is 0 Å². The van der Waals surface area contributed by atoms with Crippen LogP contribution in [0.5, 0.6) is 5.75 Å². The number of nitrogens with one attached hydrogen (secondary N) is 2. The number of thiocarbonyl (C=S) groups is 1. The Kier molecular flexibility index (Phi) is 12.5. The van der Waals surface area contributed by atoms with E-state index in [-0.39, 0.29) is 11.0 Å². The second-order valence-electron chi connectivity index (χ2n) is 13.6. The number of hydrogen-bond acceptors (Lipinski definition) is 13. The van der Waals surface area contributed by atoms with Gasteiger partial charge in [0.05, 0.1) is 0 Å². The Balaban J connectivity index is 1.25. The summed E-state index contributed by atoms with van der Waals surface area (Å²) in [6, 6.07) is 17.2. The van der Waals surface area contributed by atoms with Crippen molar-refractivity contribution in [1.82, 2.24) is 9.55 Å². The monoisotopic (exact) mass is 780 g/mol. The van der Waals surface area contributed by atoms with Crippen molar-refractivity contribution in [2.45, 2.75) is 101 Å². The first kappa shape index (κ1) is 39.8. The first-order valence-electron chi connectivity index (χ1n) is 17.9. The summed E-state index contributed by atoms with van der Waals surface area (Å²) in [4.78, 5) is 54.0. The van der Waals surface area contributed by atoms with Crippen molar-refractivity contribution in [3.63, 3.8) is 0 Å². The molecule has 0 bridgehead atoms. The molecule has 3 aliphatic heterocycles. The van der Waals surface area contributed by atoms with E-state index in [0.717, 1.165) is 41.9 Å². The van der Waals surface area contributed by atoms with Crippen molar-refractivity contribution >= 4 is 35.0 Å². The number of H-pyrrole nitrogens is 1. The van der Waals surface area contributed by atoms with Gasteiger partial charge in [0.1, 0.15) is 24.1 Å². The molecular weight excluding hydrogens is 737 g/mol. The smallest absolute Gasteiger partial charge is 0.358 e. The van der Waals surface area contributed by atoms with E-state index in [0.29, 0.717) is 11.4 Å². The van der Waals surface area contributed by atoms with Crippen LogP contribution in [-0.2, 0) is 49.2 Å². The molecule has 17 heteroatoms. The van der Waals surface area contributed by atoms with Crippen molar-refractivity contribution < 1.29 is 47.5 Å². The van der Waals surface area contributed by atoms with Crippen molar-refractivity contribution in [1.29, 1.82) is 0 Å². The predicted octanol–water partition coefficient (Wildman–Crippen LogP) is 3.20. The first-order valence-corrected chi connectivity index (χ1v) is 18.3. The van der Waals surface area contributed by atoms with Crippen LogP contribution in [0.15, 0.2) is 88.3 Å². The molecule has 8 atom stereocenters. The number of ether oxygens (including phenoxy) is 8. The molecule has 4 N–H and O–H groups in total. The summed E-state index contributed by atoms with van der Waals surface area (Å²) < 4.78 is 49.3. The van der Waals surface area contributed by atoms with Gasteiger partial charge in [-0.1, -0.05) is 50.1 Å². The lowest BCUT2D eigenvalue weighted by molar-refractivity contribution is -0.241. The number of amides is 2. The minimum Gasteiger partial charge on any atom is -0.456 e. The number of methoxy groups -OCH3 is 1. The Morgan fingerprint density at radius 3 is 2.45 bits per heavy atom. The summed E-state index contributed by atoms with van der Waals surface area (Å²) in [5.41, 5.74) is 6.13. The molecule has 0 radical (unpaired) electrons. The molecule has 0 spiro atoms. The summed E-state index contributed by atoms with van der Waals surface area (Å²) >= 11 is 5.38. The number of aromatic amines is 1. The van der Waals surface area contributed by atoms with Gasteiger partial charge >= 0.3 is 10.9 Å². The van der Waals surface area contributed by atoms with Gasteiger partial charge in [-0.25, -0.2) is 4.79 Å². The molecule has 16 nitrogen and oxygen atoms in total. The molecule has 3 aliphatic rings. The average Bonchev–Trinajstić information content (AvgIpc) is 3.66. The van der Waals surface area contributed by atoms with Crippen LogP contribution in [0.25, 0.3) is 0 Å². The zero-order valence-corrected chi connectivity index (χ0v) is 31.5. The summed E-state index contributed by atoms with van der Waals surface area (Å²) in [6.45, 7) is 5.51. The van der Waals surface area contributed by atoms with Crippen LogP contribution in [-0.4, -0.2) is 82.4 Å². The van der Waals surface area contributed by atoms with Crippen molar-refractivity contribution in [2.24, 2.45) is 5.73 Å². The molecule has 2 aromatic carbocycles. The maximum Gasteiger partial charge on any atom is 0.358 e. The summed E-state index contributed by atoms with van der Waals surface area (Å²) in [5, 5.41) is 2.47. The molecule has 6 rings (SSSR count). The molecule has 2 fully saturated rings. The number of fused-ring (bicyclic) bond motifs is 1. The highest BCUT2D eigenvalue weighted by Gasteiger charge is 2.56. The number of unbranched alkanes of at least 4 members (excludes halogenated alkanes) is 2. The highest BCUT2D eigenvalue weighted by atomic mass is 32.1. The molecule has 294 valence electrons. The van der Waals surface area contributed by atoms with Crippen LogP contribution in [0.1, 0.15) is 51.8 Å². The van der Waals surface area contributed by atoms with Crippen LogP contribution in [0.3, 0.4) is 0 Å². The van der Waals surface area contributed by atoms with Crippen molar-refractivity contribution in [3.05, 3.63) is 105 Å². The Morgan fingerprint density at radius 2 is 1.78 bits per heavy atom. The van der Waals surface area contributed by atoms with Gasteiger partial charge in [0.2, 0.25) is 12.2 Å². The number of nitrogens with zero attached hydrogens (tertiary/aromatic N) is 1. The third kappa shape index (κ3) is 9.49. The van der Waals surface area contributed by atoms with E-state index in [1.54, 1.807) is 44.2 Å². The SMILES string of the molecule is CCCCCc1ccc(NC(=O)C2=C[C@@H]3OC(C)(C)O[C@@H]3[C@@H](O[C@@H](C(N)=O)[C@H]3O[C@@H](n4ccc(=O)[nH]c4=O)[C@H](OC(=S)Oc4ccccc4)[C@@H]3OC)O2)cc1. The van der Waals surface area contributed by atoms with E-state index in [1.807, 2.05) is 24.3 Å². The number of primary amides is 1. The lowest BCUT2D eigenvalue weighted by Crippen LogP contribution is -2.53. The van der Waals surface area contributed by atoms with E-state index in [9.17, 15) is 19.2 Å². The maximum absolute atomic E-state index is 13.6. The van der Waals surface area contributed by atoms with Gasteiger partial charge in [-0.15, -0.1) is 0 Å². The molecule has 0 aliphatic carbocycles. The van der Waals surface area contributed by atoms with E-state index < -0.39 is 78.0 Å². The van der Waals surface area contributed by atoms with Crippen molar-refractivity contribution in [3.8, 4) is 5.75 Å². The molecule has 55 heavy (non-hydrogen) atoms. The molecule has 4 heterocycles. The van der Waals surface area contributed by atoms with Crippen molar-refractivity contribution in [2.75, 3.05) is 12.4 Å². The number of carbonyl (C=O) groups is 2. The Morgan fingerprint density at radius 1 is 1.04 bits per heavy atom. The Labute approximate surface area is 321 Å². The molecule has 3 aromatic rings. The lowest BCUT2D eigenvalue weighted by Gasteiger charge is -2.35. The molecule has 2 amide bonds. The quantitative estimate of drug-likeness (QED) is 0.159. The Hall–Kier alpha value is -4.91. The van der Waals surface area contributed by atoms with Gasteiger partial charge in [-0.2, -0.15) is 0 Å². The average molecular weight is 781 g/mol. The van der Waals surface area contributed by atoms with E-state index in [4.69, 9.17) is 55.8 Å². The number of carbonyl (C=O) groups excluding carboxylic acids is 2. The van der Waals surface area contributed by atoms with Crippen LogP contribution in [0, 0.1) is 0 Å². The fourth-order valence-electron chi connectivity index (χ4n) is 6.62. The van der Waals surface area contributed by atoms with Crippen LogP contribution < -0.4 is 27.0 Å². The zero-order valence-electron chi connectivity index (χ0n) is 30.7. The van der Waals surface area contributed by atoms with Crippen LogP contribution in [0.2, 0.25) is 0 Å². The number of rotatable bonds is 14. The summed E-state index contributed by atoms with van der Waals surface area (Å²) in [7, 11) is 1.32. The standard InChI is InChI=1S/C38H44N4O12S/c1-5-6-8-11-21-14-16-22(17-15-21)40-33(45)25-20-24-27(54-38(2,3)53-24)35(49-25)51-30(32(39)44)29-28(47-4)31(52-37(55)48-23-12-9-7-10-13-23)34(50-29)42-19-18-26(43)41-36(42)46/h7,9-10,12-20,24,27-31,34-35H,5-6,8,11H2,1-4H3,(H2,39,44)(H,40,45)(H,41,43,46)/t24-,27-,28+,29-,30+,31+,34+,35+/m0/s1. The largest absolute Gasteiger partial charge is 0.456 e. The predicted molar refractivity (Wildman–Crippen MR) is 200 cm³/mol. The third-order valence-electron chi connectivity index (χ3n) is 9.15. The normalized spacial score (nSPS) is 25.9. The molecule has 1 aromatic heterocycles. The maximum atomic E-state index is 13.6. The number of aromatic nitrogens is 2. The zero-order chi connectivity index (χ0) is 39.3. The number of para-hydroxylation sites is 1. The van der Waals surface area contributed by atoms with E-state index in [2.05, 4.69) is 17.2 Å². The van der Waals surface area contributed by atoms with Crippen LogP contribution in [0.4, 0.5) is 5.69 Å². The molecular formula is C38H44N4O12S. The molecule has 2 saturated heterocycles. The summed E-state index contributed by atoms with van der Waals surface area (Å²) in [6.07, 6.45) is -3.15. The number of benzene rings is 2. The number of anilines is 1. The number of aryl methyl sites for hydroxylation is 1. The lowest BCUT2D eigenvalue weighted by atomic mass is 10.0.